The van der Waals surface area contributed by atoms with E-state index in [2.05, 4.69) is 14.8 Å². The van der Waals surface area contributed by atoms with Crippen LogP contribution in [0.4, 0.5) is 11.4 Å². The molecule has 0 saturated carbocycles. The second-order valence-corrected chi connectivity index (χ2v) is 8.37. The molecule has 0 unspecified atom stereocenters. The number of benzene rings is 2. The molecule has 34 heavy (non-hydrogen) atoms. The number of hydrogen-bond acceptors (Lipinski definition) is 9. The third-order valence-corrected chi connectivity index (χ3v) is 5.93. The fourth-order valence-corrected chi connectivity index (χ4v) is 4.07. The second kappa shape index (κ2) is 9.67. The topological polar surface area (TPSA) is 132 Å². The number of likely N-dealkylation sites (N-methyl/N-ethyl adjacent to an activating group) is 1. The lowest BCUT2D eigenvalue weighted by atomic mass is 10.1. The number of fused-ring (bicyclic) bond motifs is 1. The highest BCUT2D eigenvalue weighted by molar-refractivity contribution is 6.35. The minimum Gasteiger partial charge on any atom is -0.420 e. The van der Waals surface area contributed by atoms with Crippen molar-refractivity contribution in [3.63, 3.8) is 0 Å². The number of pyridine rings is 1. The van der Waals surface area contributed by atoms with Gasteiger partial charge in [-0.2, -0.15) is 0 Å². The number of aromatic nitrogens is 1. The lowest BCUT2D eigenvalue weighted by molar-refractivity contribution is -0.394. The highest BCUT2D eigenvalue weighted by Crippen LogP contribution is 2.35. The van der Waals surface area contributed by atoms with E-state index in [1.165, 1.54) is 6.20 Å². The summed E-state index contributed by atoms with van der Waals surface area (Å²) in [5, 5.41) is 23.4. The average Bonchev–Trinajstić information content (AvgIpc) is 2.82. The maximum absolute atomic E-state index is 13.0. The van der Waals surface area contributed by atoms with Gasteiger partial charge in [0.05, 0.1) is 26.5 Å². The maximum Gasteiger partial charge on any atom is 0.344 e. The number of carbonyl (C=O) groups excluding carboxylic acids is 1. The summed E-state index contributed by atoms with van der Waals surface area (Å²) in [6.07, 6.45) is 1.54. The van der Waals surface area contributed by atoms with Gasteiger partial charge in [-0.15, -0.1) is 0 Å². The molecule has 2 heterocycles. The van der Waals surface area contributed by atoms with Gasteiger partial charge in [0.15, 0.2) is 5.75 Å². The Morgan fingerprint density at radius 3 is 2.35 bits per heavy atom. The van der Waals surface area contributed by atoms with Crippen molar-refractivity contribution in [1.29, 1.82) is 0 Å². The predicted molar refractivity (Wildman–Crippen MR) is 124 cm³/mol. The van der Waals surface area contributed by atoms with E-state index in [1.54, 1.807) is 18.2 Å². The van der Waals surface area contributed by atoms with Crippen LogP contribution >= 0.6 is 11.6 Å². The van der Waals surface area contributed by atoms with Crippen molar-refractivity contribution in [2.45, 2.75) is 6.54 Å². The van der Waals surface area contributed by atoms with E-state index in [1.807, 2.05) is 7.05 Å². The molecule has 1 fully saturated rings. The van der Waals surface area contributed by atoms with Crippen LogP contribution in [0.2, 0.25) is 5.02 Å². The molecular formula is C22H20ClN5O6. The molecule has 0 bridgehead atoms. The summed E-state index contributed by atoms with van der Waals surface area (Å²) in [4.78, 5) is 42.6. The first-order valence-electron chi connectivity index (χ1n) is 10.4. The summed E-state index contributed by atoms with van der Waals surface area (Å²) >= 11 is 6.48. The maximum atomic E-state index is 13.0. The number of piperazine rings is 1. The number of ether oxygens (including phenoxy) is 1. The number of halogens is 1. The van der Waals surface area contributed by atoms with E-state index in [0.29, 0.717) is 28.0 Å². The van der Waals surface area contributed by atoms with Gasteiger partial charge in [-0.25, -0.2) is 4.79 Å². The average molecular weight is 486 g/mol. The van der Waals surface area contributed by atoms with Crippen LogP contribution in [-0.2, 0) is 6.54 Å². The first-order chi connectivity index (χ1) is 16.2. The monoisotopic (exact) mass is 485 g/mol. The molecule has 0 atom stereocenters. The van der Waals surface area contributed by atoms with E-state index in [9.17, 15) is 25.0 Å². The number of rotatable bonds is 6. The van der Waals surface area contributed by atoms with Gasteiger partial charge in [-0.05, 0) is 25.2 Å². The van der Waals surface area contributed by atoms with Crippen LogP contribution in [-0.4, -0.2) is 63.8 Å². The Balaban J connectivity index is 1.74. The molecule has 4 rings (SSSR count). The smallest absolute Gasteiger partial charge is 0.344 e. The van der Waals surface area contributed by atoms with Gasteiger partial charge in [-0.1, -0.05) is 11.6 Å². The van der Waals surface area contributed by atoms with Crippen LogP contribution in [0, 0.1) is 20.2 Å². The summed E-state index contributed by atoms with van der Waals surface area (Å²) in [6.45, 7) is 3.81. The third-order valence-electron chi connectivity index (χ3n) is 5.62. The van der Waals surface area contributed by atoms with E-state index in [4.69, 9.17) is 16.3 Å². The minimum atomic E-state index is -0.972. The Labute approximate surface area is 198 Å². The largest absolute Gasteiger partial charge is 0.420 e. The van der Waals surface area contributed by atoms with Gasteiger partial charge in [0, 0.05) is 62.0 Å². The Morgan fingerprint density at radius 2 is 1.74 bits per heavy atom. The zero-order valence-electron chi connectivity index (χ0n) is 18.1. The van der Waals surface area contributed by atoms with Crippen LogP contribution in [0.5, 0.6) is 5.75 Å². The SMILES string of the molecule is CN1CCN(Cc2cc(Cl)c3cccnc3c2OC(=O)c2cc([N+](=O)[O-])cc([N+](=O)[O-])c2)CC1. The van der Waals surface area contributed by atoms with Gasteiger partial charge in [0.1, 0.15) is 5.52 Å². The highest BCUT2D eigenvalue weighted by Gasteiger charge is 2.25. The summed E-state index contributed by atoms with van der Waals surface area (Å²) in [6, 6.07) is 7.82. The van der Waals surface area contributed by atoms with E-state index < -0.39 is 27.2 Å². The molecule has 0 radical (unpaired) electrons. The molecule has 176 valence electrons. The standard InChI is InChI=1S/C22H20ClN5O6/c1-25-5-7-26(8-6-25)13-15-11-19(23)18-3-2-4-24-20(18)21(15)34-22(29)14-9-16(27(30)31)12-17(10-14)28(32)33/h2-4,9-12H,5-8,13H2,1H3. The molecule has 11 nitrogen and oxygen atoms in total. The lowest BCUT2D eigenvalue weighted by Gasteiger charge is -2.32. The first-order valence-corrected chi connectivity index (χ1v) is 10.7. The Morgan fingerprint density at radius 1 is 1.09 bits per heavy atom. The molecule has 0 aliphatic carbocycles. The van der Waals surface area contributed by atoms with Gasteiger partial charge in [-0.3, -0.25) is 30.1 Å². The third kappa shape index (κ3) is 4.96. The highest BCUT2D eigenvalue weighted by atomic mass is 35.5. The van der Waals surface area contributed by atoms with Crippen molar-refractivity contribution in [1.82, 2.24) is 14.8 Å². The van der Waals surface area contributed by atoms with Crippen molar-refractivity contribution in [2.24, 2.45) is 0 Å². The van der Waals surface area contributed by atoms with Crippen molar-refractivity contribution in [2.75, 3.05) is 33.2 Å². The molecule has 0 amide bonds. The number of non-ortho nitro benzene ring substituents is 2. The molecular weight excluding hydrogens is 466 g/mol. The van der Waals surface area contributed by atoms with Crippen LogP contribution in [0.15, 0.2) is 42.6 Å². The second-order valence-electron chi connectivity index (χ2n) is 7.97. The molecule has 2 aromatic carbocycles. The molecule has 1 aliphatic heterocycles. The van der Waals surface area contributed by atoms with E-state index >= 15 is 0 Å². The predicted octanol–water partition coefficient (Wildman–Crippen LogP) is 3.67. The number of esters is 1. The lowest BCUT2D eigenvalue weighted by Crippen LogP contribution is -2.43. The van der Waals surface area contributed by atoms with E-state index in [0.717, 1.165) is 44.4 Å². The summed E-state index contributed by atoms with van der Waals surface area (Å²) in [5.41, 5.74) is -0.511. The Kier molecular flexibility index (Phi) is 6.68. The summed E-state index contributed by atoms with van der Waals surface area (Å²) in [5.74, 6) is -0.807. The Hall–Kier alpha value is -3.67. The Bertz CT molecular complexity index is 1260. The molecule has 0 N–H and O–H groups in total. The molecule has 1 aliphatic rings. The van der Waals surface area contributed by atoms with Gasteiger partial charge in [0.2, 0.25) is 0 Å². The fraction of sp³-hybridized carbons (Fsp3) is 0.273. The van der Waals surface area contributed by atoms with Crippen molar-refractivity contribution in [3.8, 4) is 5.75 Å². The molecule has 1 aromatic heterocycles. The van der Waals surface area contributed by atoms with Gasteiger partial charge >= 0.3 is 5.97 Å². The zero-order chi connectivity index (χ0) is 24.4. The van der Waals surface area contributed by atoms with Crippen molar-refractivity contribution < 1.29 is 19.4 Å². The number of nitro groups is 2. The number of nitrogens with zero attached hydrogens (tertiary/aromatic N) is 5. The number of hydrogen-bond donors (Lipinski definition) is 0. The number of nitro benzene ring substituents is 2. The van der Waals surface area contributed by atoms with Crippen molar-refractivity contribution in [3.05, 3.63) is 79.0 Å². The molecule has 1 saturated heterocycles. The molecule has 3 aromatic rings. The zero-order valence-corrected chi connectivity index (χ0v) is 18.9. The van der Waals surface area contributed by atoms with E-state index in [-0.39, 0.29) is 11.3 Å². The fourth-order valence-electron chi connectivity index (χ4n) is 3.78. The van der Waals surface area contributed by atoms with Crippen LogP contribution in [0.25, 0.3) is 10.9 Å². The first kappa shape index (κ1) is 23.5. The quantitative estimate of drug-likeness (QED) is 0.222. The minimum absolute atomic E-state index is 0.165. The van der Waals surface area contributed by atoms with Gasteiger partial charge < -0.3 is 9.64 Å². The van der Waals surface area contributed by atoms with Crippen LogP contribution in [0.3, 0.4) is 0 Å². The summed E-state index contributed by atoms with van der Waals surface area (Å²) in [7, 11) is 2.04. The van der Waals surface area contributed by atoms with Crippen LogP contribution in [0.1, 0.15) is 15.9 Å². The molecule has 12 heteroatoms. The normalized spacial score (nSPS) is 14.8. The van der Waals surface area contributed by atoms with Gasteiger partial charge in [0.25, 0.3) is 11.4 Å². The van der Waals surface area contributed by atoms with Crippen molar-refractivity contribution >= 4 is 39.8 Å². The van der Waals surface area contributed by atoms with Crippen LogP contribution < -0.4 is 4.74 Å². The number of carbonyl (C=O) groups is 1. The molecule has 0 spiro atoms. The summed E-state index contributed by atoms with van der Waals surface area (Å²) < 4.78 is 5.69.